The van der Waals surface area contributed by atoms with Crippen molar-refractivity contribution >= 4 is 17.3 Å². The average molecular weight is 274 g/mol. The molecule has 19 heavy (non-hydrogen) atoms. The molecular weight excluding hydrogens is 258 g/mol. The average Bonchev–Trinajstić information content (AvgIpc) is 2.77. The van der Waals surface area contributed by atoms with E-state index in [0.29, 0.717) is 6.10 Å². The topological polar surface area (TPSA) is 21.3 Å². The normalized spacial score (nSPS) is 16.8. The van der Waals surface area contributed by atoms with Crippen LogP contribution >= 0.6 is 11.6 Å². The first-order valence-electron chi connectivity index (χ1n) is 6.48. The summed E-state index contributed by atoms with van der Waals surface area (Å²) in [5.74, 6) is 1.03. The van der Waals surface area contributed by atoms with Crippen molar-refractivity contribution in [2.75, 3.05) is 5.32 Å². The molecule has 1 aliphatic heterocycles. The van der Waals surface area contributed by atoms with Crippen molar-refractivity contribution in [1.82, 2.24) is 0 Å². The summed E-state index contributed by atoms with van der Waals surface area (Å²) < 4.78 is 5.70. The van der Waals surface area contributed by atoms with Crippen LogP contribution in [0.25, 0.3) is 0 Å². The summed E-state index contributed by atoms with van der Waals surface area (Å²) >= 11 is 5.86. The van der Waals surface area contributed by atoms with Gasteiger partial charge in [-0.2, -0.15) is 0 Å². The fourth-order valence-electron chi connectivity index (χ4n) is 2.36. The van der Waals surface area contributed by atoms with E-state index in [1.165, 1.54) is 11.1 Å². The molecule has 1 heterocycles. The van der Waals surface area contributed by atoms with Crippen molar-refractivity contribution in [1.29, 1.82) is 0 Å². The number of halogens is 1. The van der Waals surface area contributed by atoms with Crippen LogP contribution in [-0.4, -0.2) is 6.10 Å². The van der Waals surface area contributed by atoms with E-state index in [-0.39, 0.29) is 0 Å². The molecule has 0 bridgehead atoms. The molecule has 0 spiro atoms. The molecule has 1 N–H and O–H groups in total. The van der Waals surface area contributed by atoms with Crippen molar-refractivity contribution in [3.63, 3.8) is 0 Å². The molecule has 0 unspecified atom stereocenters. The summed E-state index contributed by atoms with van der Waals surface area (Å²) in [4.78, 5) is 0. The van der Waals surface area contributed by atoms with Crippen LogP contribution in [-0.2, 0) is 13.0 Å². The molecule has 0 aliphatic carbocycles. The van der Waals surface area contributed by atoms with Gasteiger partial charge in [-0.3, -0.25) is 0 Å². The van der Waals surface area contributed by atoms with Gasteiger partial charge in [-0.15, -0.1) is 0 Å². The molecule has 0 saturated carbocycles. The number of fused-ring (bicyclic) bond motifs is 1. The molecule has 3 heteroatoms. The highest BCUT2D eigenvalue weighted by Gasteiger charge is 2.18. The molecule has 3 rings (SSSR count). The molecule has 0 radical (unpaired) electrons. The van der Waals surface area contributed by atoms with Gasteiger partial charge in [0.1, 0.15) is 11.9 Å². The van der Waals surface area contributed by atoms with Gasteiger partial charge in [-0.05, 0) is 48.4 Å². The lowest BCUT2D eigenvalue weighted by Gasteiger charge is -2.08. The molecule has 0 aromatic heterocycles. The third kappa shape index (κ3) is 2.85. The zero-order valence-electron chi connectivity index (χ0n) is 10.8. The third-order valence-electron chi connectivity index (χ3n) is 3.30. The second-order valence-electron chi connectivity index (χ2n) is 4.94. The predicted octanol–water partition coefficient (Wildman–Crippen LogP) is 4.28. The first-order chi connectivity index (χ1) is 9.20. The zero-order valence-corrected chi connectivity index (χ0v) is 11.6. The van der Waals surface area contributed by atoms with Gasteiger partial charge < -0.3 is 10.1 Å². The van der Waals surface area contributed by atoms with Gasteiger partial charge in [0, 0.05) is 23.7 Å². The molecule has 0 amide bonds. The van der Waals surface area contributed by atoms with Crippen LogP contribution in [0.2, 0.25) is 5.02 Å². The summed E-state index contributed by atoms with van der Waals surface area (Å²) in [7, 11) is 0. The maximum Gasteiger partial charge on any atom is 0.123 e. The Bertz CT molecular complexity index is 580. The van der Waals surface area contributed by atoms with Crippen LogP contribution in [0, 0.1) is 0 Å². The highest BCUT2D eigenvalue weighted by molar-refractivity contribution is 6.30. The molecule has 1 aliphatic rings. The molecule has 98 valence electrons. The van der Waals surface area contributed by atoms with Crippen LogP contribution in [0.4, 0.5) is 5.69 Å². The number of hydrogen-bond acceptors (Lipinski definition) is 2. The molecule has 1 atom stereocenters. The predicted molar refractivity (Wildman–Crippen MR) is 79.0 cm³/mol. The SMILES string of the molecule is C[C@@H]1Cc2cc(CNc3ccc(Cl)cc3)ccc2O1. The Balaban J connectivity index is 1.68. The van der Waals surface area contributed by atoms with E-state index in [1.807, 2.05) is 24.3 Å². The molecule has 2 nitrogen and oxygen atoms in total. The Kier molecular flexibility index (Phi) is 3.34. The maximum atomic E-state index is 5.86. The summed E-state index contributed by atoms with van der Waals surface area (Å²) in [5, 5.41) is 4.15. The van der Waals surface area contributed by atoms with Gasteiger partial charge in [-0.25, -0.2) is 0 Å². The smallest absolute Gasteiger partial charge is 0.123 e. The highest BCUT2D eigenvalue weighted by atomic mass is 35.5. The van der Waals surface area contributed by atoms with Gasteiger partial charge in [0.15, 0.2) is 0 Å². The Labute approximate surface area is 118 Å². The Morgan fingerprint density at radius 3 is 2.79 bits per heavy atom. The van der Waals surface area contributed by atoms with E-state index in [4.69, 9.17) is 16.3 Å². The van der Waals surface area contributed by atoms with Crippen LogP contribution in [0.5, 0.6) is 5.75 Å². The van der Waals surface area contributed by atoms with Crippen molar-refractivity contribution in [3.05, 3.63) is 58.6 Å². The molecular formula is C16H16ClNO. The first-order valence-corrected chi connectivity index (χ1v) is 6.86. The van der Waals surface area contributed by atoms with E-state index in [2.05, 4.69) is 30.4 Å². The Hall–Kier alpha value is -1.67. The first kappa shape index (κ1) is 12.4. The maximum absolute atomic E-state index is 5.86. The van der Waals surface area contributed by atoms with Gasteiger partial charge >= 0.3 is 0 Å². The van der Waals surface area contributed by atoms with E-state index in [9.17, 15) is 0 Å². The number of benzene rings is 2. The van der Waals surface area contributed by atoms with Crippen LogP contribution in [0.1, 0.15) is 18.1 Å². The molecule has 0 fully saturated rings. The van der Waals surface area contributed by atoms with E-state index < -0.39 is 0 Å². The van der Waals surface area contributed by atoms with Crippen molar-refractivity contribution < 1.29 is 4.74 Å². The summed E-state index contributed by atoms with van der Waals surface area (Å²) in [6.07, 6.45) is 1.30. The lowest BCUT2D eigenvalue weighted by Crippen LogP contribution is -2.05. The number of rotatable bonds is 3. The van der Waals surface area contributed by atoms with Gasteiger partial charge in [0.2, 0.25) is 0 Å². The Morgan fingerprint density at radius 1 is 1.21 bits per heavy atom. The van der Waals surface area contributed by atoms with E-state index in [0.717, 1.165) is 29.4 Å². The van der Waals surface area contributed by atoms with Gasteiger partial charge in [0.05, 0.1) is 0 Å². The number of ether oxygens (including phenoxy) is 1. The summed E-state index contributed by atoms with van der Waals surface area (Å²) in [5.41, 5.74) is 3.66. The zero-order chi connectivity index (χ0) is 13.2. The molecule has 2 aromatic rings. The fourth-order valence-corrected chi connectivity index (χ4v) is 2.48. The van der Waals surface area contributed by atoms with Crippen LogP contribution in [0.15, 0.2) is 42.5 Å². The largest absolute Gasteiger partial charge is 0.490 e. The lowest BCUT2D eigenvalue weighted by atomic mass is 10.1. The number of hydrogen-bond donors (Lipinski definition) is 1. The van der Waals surface area contributed by atoms with Gasteiger partial charge in [0.25, 0.3) is 0 Å². The van der Waals surface area contributed by atoms with Crippen molar-refractivity contribution in [2.45, 2.75) is 26.0 Å². The van der Waals surface area contributed by atoms with E-state index >= 15 is 0 Å². The summed E-state index contributed by atoms with van der Waals surface area (Å²) in [6, 6.07) is 14.2. The van der Waals surface area contributed by atoms with Crippen LogP contribution in [0.3, 0.4) is 0 Å². The minimum absolute atomic E-state index is 0.300. The number of nitrogens with one attached hydrogen (secondary N) is 1. The molecule has 0 saturated heterocycles. The monoisotopic (exact) mass is 273 g/mol. The quantitative estimate of drug-likeness (QED) is 0.901. The number of anilines is 1. The van der Waals surface area contributed by atoms with Crippen LogP contribution < -0.4 is 10.1 Å². The highest BCUT2D eigenvalue weighted by Crippen LogP contribution is 2.29. The van der Waals surface area contributed by atoms with Crippen molar-refractivity contribution in [3.8, 4) is 5.75 Å². The fraction of sp³-hybridized carbons (Fsp3) is 0.250. The van der Waals surface area contributed by atoms with Gasteiger partial charge in [-0.1, -0.05) is 23.7 Å². The van der Waals surface area contributed by atoms with Crippen molar-refractivity contribution in [2.24, 2.45) is 0 Å². The minimum atomic E-state index is 0.300. The lowest BCUT2D eigenvalue weighted by molar-refractivity contribution is 0.254. The standard InChI is InChI=1S/C16H16ClNO/c1-11-8-13-9-12(2-7-16(13)19-11)10-18-15-5-3-14(17)4-6-15/h2-7,9,11,18H,8,10H2,1H3/t11-/m1/s1. The second kappa shape index (κ2) is 5.14. The summed E-state index contributed by atoms with van der Waals surface area (Å²) in [6.45, 7) is 2.91. The van der Waals surface area contributed by atoms with E-state index in [1.54, 1.807) is 0 Å². The minimum Gasteiger partial charge on any atom is -0.490 e. The molecule has 2 aromatic carbocycles. The third-order valence-corrected chi connectivity index (χ3v) is 3.55. The second-order valence-corrected chi connectivity index (χ2v) is 5.37. The Morgan fingerprint density at radius 2 is 2.00 bits per heavy atom.